The molecule has 0 spiro atoms. The molecule has 0 radical (unpaired) electrons. The molecule has 1 N–H and O–H groups in total. The molecule has 1 aliphatic rings. The maximum absolute atomic E-state index is 14.5. The van der Waals surface area contributed by atoms with E-state index in [4.69, 9.17) is 17.0 Å². The number of hydrogen-bond donors (Lipinski definition) is 1. The molecule has 0 aromatic heterocycles. The minimum Gasteiger partial charge on any atom is -0.371 e. The van der Waals surface area contributed by atoms with E-state index in [0.717, 1.165) is 35.0 Å². The van der Waals surface area contributed by atoms with Crippen LogP contribution in [0.4, 0.5) is 4.39 Å². The van der Waals surface area contributed by atoms with E-state index in [1.165, 1.54) is 57.7 Å². The van der Waals surface area contributed by atoms with Crippen LogP contribution < -0.4 is 0 Å². The zero-order valence-corrected chi connectivity index (χ0v) is 26.6. The van der Waals surface area contributed by atoms with E-state index >= 15 is 0 Å². The lowest BCUT2D eigenvalue weighted by Crippen LogP contribution is -2.35. The summed E-state index contributed by atoms with van der Waals surface area (Å²) in [6, 6.07) is 4.13. The molecule has 4 heteroatoms. The first-order valence-electron chi connectivity index (χ1n) is 14.2. The fraction of sp³-hybridized carbons (Fsp3) is 0.667. The van der Waals surface area contributed by atoms with E-state index in [1.54, 1.807) is 6.92 Å². The number of allylic oxidation sites excluding steroid dienone is 2. The predicted octanol–water partition coefficient (Wildman–Crippen LogP) is 10.7. The van der Waals surface area contributed by atoms with Gasteiger partial charge in [0.15, 0.2) is 0 Å². The molecule has 1 aromatic carbocycles. The Morgan fingerprint density at radius 3 is 2.03 bits per heavy atom. The number of alkyl halides is 1. The Hall–Kier alpha value is -1.61. The number of nitrogens with one attached hydrogen (secondary N) is 1. The van der Waals surface area contributed by atoms with Crippen molar-refractivity contribution in [2.24, 2.45) is 11.3 Å². The van der Waals surface area contributed by atoms with E-state index < -0.39 is 5.67 Å². The Morgan fingerprint density at radius 2 is 1.65 bits per heavy atom. The van der Waals surface area contributed by atoms with Crippen LogP contribution in [0, 0.1) is 30.6 Å². The summed E-state index contributed by atoms with van der Waals surface area (Å²) in [6.07, 6.45) is 9.43. The first kappa shape index (κ1) is 35.4. The standard InChI is InChI=1S/C24H36ClFN2.C7H14.C2H6/c1-16-12-17(2)20(22(25)13-16)10-11-28(15-23(5,6)7)19(4)21(14-27)18(3)24(8,9)26;1-7-5-3-2-4-6-7;1-2/h12-14,27H,4,10-11,15H2,1-3,5-9H3;7H,2-6H2,1H3;1-2H3/b21-18-,27-14?;;. The summed E-state index contributed by atoms with van der Waals surface area (Å²) in [6.45, 7) is 27.4. The molecular formula is C33H56ClFN2. The second kappa shape index (κ2) is 16.4. The van der Waals surface area contributed by atoms with Crippen LogP contribution in [0.5, 0.6) is 0 Å². The maximum Gasteiger partial charge on any atom is 0.127 e. The molecule has 1 fully saturated rings. The topological polar surface area (TPSA) is 27.1 Å². The van der Waals surface area contributed by atoms with Gasteiger partial charge in [0, 0.05) is 35.6 Å². The van der Waals surface area contributed by atoms with Crippen LogP contribution in [0.1, 0.15) is 111 Å². The van der Waals surface area contributed by atoms with E-state index in [0.29, 0.717) is 23.4 Å². The summed E-state index contributed by atoms with van der Waals surface area (Å²) >= 11 is 6.50. The van der Waals surface area contributed by atoms with Crippen LogP contribution in [0.2, 0.25) is 5.02 Å². The summed E-state index contributed by atoms with van der Waals surface area (Å²) in [5, 5.41) is 8.64. The number of hydrogen-bond acceptors (Lipinski definition) is 2. The molecule has 2 nitrogen and oxygen atoms in total. The van der Waals surface area contributed by atoms with Crippen molar-refractivity contribution in [1.29, 1.82) is 5.41 Å². The third-order valence-electron chi connectivity index (χ3n) is 6.89. The maximum atomic E-state index is 14.5. The molecular weight excluding hydrogens is 479 g/mol. The van der Waals surface area contributed by atoms with Gasteiger partial charge >= 0.3 is 0 Å². The Morgan fingerprint density at radius 1 is 1.11 bits per heavy atom. The van der Waals surface area contributed by atoms with Crippen molar-refractivity contribution in [2.45, 2.75) is 120 Å². The Balaban J connectivity index is 0.00000121. The fourth-order valence-electron chi connectivity index (χ4n) is 4.60. The highest BCUT2D eigenvalue weighted by molar-refractivity contribution is 6.31. The Kier molecular flexibility index (Phi) is 15.7. The van der Waals surface area contributed by atoms with Gasteiger partial charge in [-0.2, -0.15) is 0 Å². The number of benzene rings is 1. The summed E-state index contributed by atoms with van der Waals surface area (Å²) in [7, 11) is 0. The van der Waals surface area contributed by atoms with Crippen LogP contribution in [-0.2, 0) is 6.42 Å². The largest absolute Gasteiger partial charge is 0.371 e. The van der Waals surface area contributed by atoms with Gasteiger partial charge in [0.25, 0.3) is 0 Å². The monoisotopic (exact) mass is 534 g/mol. The van der Waals surface area contributed by atoms with Gasteiger partial charge in [-0.25, -0.2) is 4.39 Å². The van der Waals surface area contributed by atoms with Crippen molar-refractivity contribution < 1.29 is 4.39 Å². The van der Waals surface area contributed by atoms with Crippen LogP contribution in [-0.4, -0.2) is 29.9 Å². The van der Waals surface area contributed by atoms with Crippen molar-refractivity contribution in [1.82, 2.24) is 4.90 Å². The number of aryl methyl sites for hydroxylation is 2. The number of rotatable bonds is 8. The number of nitrogens with zero attached hydrogens (tertiary/aromatic N) is 1. The zero-order chi connectivity index (χ0) is 29.0. The van der Waals surface area contributed by atoms with Crippen molar-refractivity contribution in [3.63, 3.8) is 0 Å². The first-order valence-corrected chi connectivity index (χ1v) is 14.5. The zero-order valence-electron chi connectivity index (χ0n) is 25.9. The van der Waals surface area contributed by atoms with Crippen molar-refractivity contribution in [2.75, 3.05) is 13.1 Å². The van der Waals surface area contributed by atoms with Crippen molar-refractivity contribution in [3.8, 4) is 0 Å². The molecule has 212 valence electrons. The molecule has 0 aliphatic heterocycles. The molecule has 37 heavy (non-hydrogen) atoms. The van der Waals surface area contributed by atoms with Gasteiger partial charge < -0.3 is 10.3 Å². The summed E-state index contributed by atoms with van der Waals surface area (Å²) in [4.78, 5) is 2.16. The molecule has 0 amide bonds. The SMILES string of the molecule is C=C(/C(C=N)=C(/C)C(C)(C)F)N(CCc1c(C)cc(C)cc1Cl)CC(C)(C)C.CC.CC1CCCCC1. The quantitative estimate of drug-likeness (QED) is 0.260. The van der Waals surface area contributed by atoms with E-state index in [2.05, 4.69) is 52.2 Å². The minimum absolute atomic E-state index is 0.0291. The highest BCUT2D eigenvalue weighted by atomic mass is 35.5. The molecule has 0 saturated heterocycles. The van der Waals surface area contributed by atoms with Crippen LogP contribution >= 0.6 is 11.6 Å². The third-order valence-corrected chi connectivity index (χ3v) is 7.22. The molecule has 0 heterocycles. The van der Waals surface area contributed by atoms with Gasteiger partial charge in [-0.3, -0.25) is 0 Å². The molecule has 0 unspecified atom stereocenters. The van der Waals surface area contributed by atoms with Gasteiger partial charge in [-0.15, -0.1) is 0 Å². The van der Waals surface area contributed by atoms with Crippen molar-refractivity contribution >= 4 is 17.8 Å². The van der Waals surface area contributed by atoms with Crippen LogP contribution in [0.15, 0.2) is 35.6 Å². The van der Waals surface area contributed by atoms with E-state index in [9.17, 15) is 4.39 Å². The first-order chi connectivity index (χ1) is 17.1. The van der Waals surface area contributed by atoms with E-state index in [-0.39, 0.29) is 5.41 Å². The number of halogens is 2. The summed E-state index contributed by atoms with van der Waals surface area (Å²) in [5.74, 6) is 1.04. The normalized spacial score (nSPS) is 14.9. The predicted molar refractivity (Wildman–Crippen MR) is 165 cm³/mol. The Bertz CT molecular complexity index is 858. The van der Waals surface area contributed by atoms with Gasteiger partial charge in [-0.1, -0.05) is 97.9 Å². The van der Waals surface area contributed by atoms with Gasteiger partial charge in [-0.05, 0) is 80.7 Å². The van der Waals surface area contributed by atoms with Crippen LogP contribution in [0.25, 0.3) is 0 Å². The molecule has 1 aliphatic carbocycles. The summed E-state index contributed by atoms with van der Waals surface area (Å²) in [5.41, 5.74) is 3.75. The average molecular weight is 535 g/mol. The minimum atomic E-state index is -1.50. The second-order valence-corrected chi connectivity index (χ2v) is 12.5. The fourth-order valence-corrected chi connectivity index (χ4v) is 5.01. The lowest BCUT2D eigenvalue weighted by atomic mass is 9.91. The van der Waals surface area contributed by atoms with Gasteiger partial charge in [0.05, 0.1) is 0 Å². The lowest BCUT2D eigenvalue weighted by molar-refractivity contribution is 0.237. The highest BCUT2D eigenvalue weighted by Crippen LogP contribution is 2.30. The van der Waals surface area contributed by atoms with Gasteiger partial charge in [0.1, 0.15) is 5.67 Å². The second-order valence-electron chi connectivity index (χ2n) is 12.1. The third kappa shape index (κ3) is 13.1. The molecule has 1 aromatic rings. The van der Waals surface area contributed by atoms with Gasteiger partial charge in [0.2, 0.25) is 0 Å². The molecule has 1 saturated carbocycles. The smallest absolute Gasteiger partial charge is 0.127 e. The highest BCUT2D eigenvalue weighted by Gasteiger charge is 2.26. The van der Waals surface area contributed by atoms with Crippen molar-refractivity contribution in [3.05, 3.63) is 57.3 Å². The molecule has 0 atom stereocenters. The molecule has 2 rings (SSSR count). The Labute approximate surface area is 234 Å². The average Bonchev–Trinajstić information content (AvgIpc) is 2.78. The summed E-state index contributed by atoms with van der Waals surface area (Å²) < 4.78 is 14.5. The lowest BCUT2D eigenvalue weighted by Gasteiger charge is -2.35. The van der Waals surface area contributed by atoms with Crippen LogP contribution in [0.3, 0.4) is 0 Å². The van der Waals surface area contributed by atoms with E-state index in [1.807, 2.05) is 26.8 Å². The molecule has 0 bridgehead atoms.